The van der Waals surface area contributed by atoms with Crippen molar-refractivity contribution in [3.63, 3.8) is 0 Å². The maximum atomic E-state index is 13.0. The van der Waals surface area contributed by atoms with Gasteiger partial charge in [0, 0.05) is 34.7 Å². The molecule has 4 heterocycles. The van der Waals surface area contributed by atoms with E-state index in [1.54, 1.807) is 30.1 Å². The van der Waals surface area contributed by atoms with Crippen molar-refractivity contribution in [2.24, 2.45) is 0 Å². The minimum atomic E-state index is -0.0706. The number of aromatic nitrogens is 3. The molecule has 0 aliphatic carbocycles. The fourth-order valence-electron chi connectivity index (χ4n) is 3.37. The molecule has 0 saturated heterocycles. The summed E-state index contributed by atoms with van der Waals surface area (Å²) in [4.78, 5) is 21.6. The molecule has 0 aliphatic heterocycles. The van der Waals surface area contributed by atoms with E-state index in [-0.39, 0.29) is 5.56 Å². The van der Waals surface area contributed by atoms with Crippen molar-refractivity contribution in [2.75, 3.05) is 7.11 Å². The Bertz CT molecular complexity index is 1270. The lowest BCUT2D eigenvalue weighted by atomic mass is 10.1. The molecule has 0 atom stereocenters. The molecule has 0 saturated carbocycles. The van der Waals surface area contributed by atoms with Crippen molar-refractivity contribution in [2.45, 2.75) is 0 Å². The van der Waals surface area contributed by atoms with E-state index in [1.807, 2.05) is 30.3 Å². The molecule has 23 heavy (non-hydrogen) atoms. The Morgan fingerprint density at radius 1 is 1.00 bits per heavy atom. The fraction of sp³-hybridized carbons (Fsp3) is 0.0556. The molecular formula is C18H11N3O2. The molecular weight excluding hydrogens is 290 g/mol. The van der Waals surface area contributed by atoms with Gasteiger partial charge in [-0.2, -0.15) is 0 Å². The van der Waals surface area contributed by atoms with E-state index in [0.29, 0.717) is 5.39 Å². The topological polar surface area (TPSA) is 56.5 Å². The summed E-state index contributed by atoms with van der Waals surface area (Å²) in [6.45, 7) is 0. The molecule has 1 aromatic carbocycles. The Labute approximate surface area is 130 Å². The smallest absolute Gasteiger partial charge is 0.265 e. The van der Waals surface area contributed by atoms with Gasteiger partial charge in [-0.3, -0.25) is 19.2 Å². The van der Waals surface area contributed by atoms with Crippen LogP contribution in [0.5, 0.6) is 5.75 Å². The molecule has 5 aromatic rings. The second-order valence-corrected chi connectivity index (χ2v) is 5.50. The molecule has 5 nitrogen and oxygen atoms in total. The number of hydrogen-bond acceptors (Lipinski definition) is 4. The van der Waals surface area contributed by atoms with Crippen LogP contribution in [0.25, 0.3) is 38.1 Å². The van der Waals surface area contributed by atoms with Gasteiger partial charge in [-0.25, -0.2) is 0 Å². The van der Waals surface area contributed by atoms with Crippen LogP contribution in [0.3, 0.4) is 0 Å². The number of benzene rings is 1. The maximum Gasteiger partial charge on any atom is 0.265 e. The number of methoxy groups -OCH3 is 1. The second-order valence-electron chi connectivity index (χ2n) is 5.50. The van der Waals surface area contributed by atoms with Crippen LogP contribution in [-0.4, -0.2) is 21.5 Å². The molecule has 4 aromatic heterocycles. The third kappa shape index (κ3) is 1.43. The quantitative estimate of drug-likeness (QED) is 0.447. The minimum absolute atomic E-state index is 0.0706. The summed E-state index contributed by atoms with van der Waals surface area (Å²) in [6, 6.07) is 9.52. The lowest BCUT2D eigenvalue weighted by Crippen LogP contribution is -2.13. The molecule has 0 radical (unpaired) electrons. The van der Waals surface area contributed by atoms with Crippen molar-refractivity contribution in [3.05, 3.63) is 59.3 Å². The van der Waals surface area contributed by atoms with Crippen molar-refractivity contribution in [3.8, 4) is 5.75 Å². The lowest BCUT2D eigenvalue weighted by Gasteiger charge is -2.04. The van der Waals surface area contributed by atoms with Gasteiger partial charge in [-0.05, 0) is 30.3 Å². The van der Waals surface area contributed by atoms with Crippen molar-refractivity contribution < 1.29 is 4.74 Å². The first-order valence-corrected chi connectivity index (χ1v) is 7.26. The Morgan fingerprint density at radius 3 is 2.74 bits per heavy atom. The molecule has 0 bridgehead atoms. The average molecular weight is 301 g/mol. The monoisotopic (exact) mass is 301 g/mol. The Morgan fingerprint density at radius 2 is 1.87 bits per heavy atom. The van der Waals surface area contributed by atoms with Gasteiger partial charge >= 0.3 is 0 Å². The van der Waals surface area contributed by atoms with Gasteiger partial charge < -0.3 is 4.74 Å². The summed E-state index contributed by atoms with van der Waals surface area (Å²) in [7, 11) is 1.64. The van der Waals surface area contributed by atoms with Crippen LogP contribution in [0.2, 0.25) is 0 Å². The van der Waals surface area contributed by atoms with E-state index < -0.39 is 0 Å². The van der Waals surface area contributed by atoms with Gasteiger partial charge in [0.25, 0.3) is 5.56 Å². The molecule has 0 fully saturated rings. The number of fused-ring (bicyclic) bond motifs is 5. The fourth-order valence-corrected chi connectivity index (χ4v) is 3.37. The van der Waals surface area contributed by atoms with Crippen molar-refractivity contribution in [1.29, 1.82) is 0 Å². The Kier molecular flexibility index (Phi) is 2.24. The lowest BCUT2D eigenvalue weighted by molar-refractivity contribution is 0.415. The number of rotatable bonds is 1. The highest BCUT2D eigenvalue weighted by molar-refractivity contribution is 6.18. The van der Waals surface area contributed by atoms with E-state index in [2.05, 4.69) is 9.97 Å². The summed E-state index contributed by atoms with van der Waals surface area (Å²) in [6.07, 6.45) is 5.07. The average Bonchev–Trinajstić information content (AvgIpc) is 2.94. The standard InChI is InChI=1S/C18H11N3O2/c1-23-10-2-3-15-13(8-10)12-5-7-20-16-11-4-6-19-9-14(11)18(22)21(15)17(12)16/h2-9H,1H3. The first kappa shape index (κ1) is 12.3. The predicted molar refractivity (Wildman–Crippen MR) is 89.5 cm³/mol. The minimum Gasteiger partial charge on any atom is -0.497 e. The van der Waals surface area contributed by atoms with Crippen LogP contribution in [0, 0.1) is 0 Å². The SMILES string of the molecule is COc1ccc2c(c1)c1ccnc3c4ccncc4c(=O)n2c13. The van der Waals surface area contributed by atoms with Gasteiger partial charge in [0.1, 0.15) is 5.75 Å². The molecule has 0 N–H and O–H groups in total. The van der Waals surface area contributed by atoms with Crippen LogP contribution >= 0.6 is 0 Å². The van der Waals surface area contributed by atoms with E-state index in [0.717, 1.165) is 38.5 Å². The van der Waals surface area contributed by atoms with Crippen LogP contribution in [-0.2, 0) is 0 Å². The Balaban J connectivity index is 2.21. The number of nitrogens with zero attached hydrogens (tertiary/aromatic N) is 3. The molecule has 5 heteroatoms. The predicted octanol–water partition coefficient (Wildman–Crippen LogP) is 3.00. The third-order valence-corrected chi connectivity index (χ3v) is 4.39. The van der Waals surface area contributed by atoms with Gasteiger partial charge in [-0.1, -0.05) is 0 Å². The van der Waals surface area contributed by atoms with E-state index in [9.17, 15) is 4.79 Å². The summed E-state index contributed by atoms with van der Waals surface area (Å²) in [5.41, 5.74) is 2.45. The molecule has 0 aliphatic rings. The number of pyridine rings is 3. The van der Waals surface area contributed by atoms with E-state index >= 15 is 0 Å². The van der Waals surface area contributed by atoms with Crippen molar-refractivity contribution in [1.82, 2.24) is 14.4 Å². The van der Waals surface area contributed by atoms with E-state index in [4.69, 9.17) is 4.74 Å². The number of hydrogen-bond donors (Lipinski definition) is 0. The maximum absolute atomic E-state index is 13.0. The largest absolute Gasteiger partial charge is 0.497 e. The first-order valence-electron chi connectivity index (χ1n) is 7.26. The van der Waals surface area contributed by atoms with Gasteiger partial charge in [0.15, 0.2) is 0 Å². The van der Waals surface area contributed by atoms with Crippen LogP contribution in [0.15, 0.2) is 53.7 Å². The molecule has 0 amide bonds. The first-order chi connectivity index (χ1) is 11.3. The number of ether oxygens (including phenoxy) is 1. The second kappa shape index (κ2) is 4.16. The van der Waals surface area contributed by atoms with Crippen LogP contribution in [0.4, 0.5) is 0 Å². The summed E-state index contributed by atoms with van der Waals surface area (Å²) in [5, 5.41) is 3.39. The van der Waals surface area contributed by atoms with Gasteiger partial charge in [0.05, 0.1) is 29.0 Å². The zero-order valence-electron chi connectivity index (χ0n) is 12.3. The highest BCUT2D eigenvalue weighted by Gasteiger charge is 2.17. The molecule has 0 unspecified atom stereocenters. The molecule has 5 rings (SSSR count). The van der Waals surface area contributed by atoms with E-state index in [1.165, 1.54) is 0 Å². The normalized spacial score (nSPS) is 11.9. The molecule has 0 spiro atoms. The van der Waals surface area contributed by atoms with Crippen LogP contribution < -0.4 is 10.3 Å². The summed E-state index contributed by atoms with van der Waals surface area (Å²) in [5.74, 6) is 0.765. The highest BCUT2D eigenvalue weighted by Crippen LogP contribution is 2.34. The van der Waals surface area contributed by atoms with Gasteiger partial charge in [-0.15, -0.1) is 0 Å². The summed E-state index contributed by atoms with van der Waals surface area (Å²) < 4.78 is 7.06. The highest BCUT2D eigenvalue weighted by atomic mass is 16.5. The molecule has 110 valence electrons. The summed E-state index contributed by atoms with van der Waals surface area (Å²) >= 11 is 0. The van der Waals surface area contributed by atoms with Crippen molar-refractivity contribution >= 4 is 38.1 Å². The third-order valence-electron chi connectivity index (χ3n) is 4.39. The zero-order valence-corrected chi connectivity index (χ0v) is 12.3. The van der Waals surface area contributed by atoms with Gasteiger partial charge in [0.2, 0.25) is 0 Å². The zero-order chi connectivity index (χ0) is 15.6. The Hall–Kier alpha value is -3.21. The van der Waals surface area contributed by atoms with Crippen LogP contribution in [0.1, 0.15) is 0 Å².